The predicted molar refractivity (Wildman–Crippen MR) is 138 cm³/mol. The van der Waals surface area contributed by atoms with Crippen LogP contribution >= 0.6 is 0 Å². The molecule has 1 aromatic heterocycles. The van der Waals surface area contributed by atoms with E-state index in [1.165, 1.54) is 12.7 Å². The lowest BCUT2D eigenvalue weighted by Crippen LogP contribution is -2.43. The number of carbonyl (C=O) groups excluding carboxylic acids is 1. The summed E-state index contributed by atoms with van der Waals surface area (Å²) in [6, 6.07) is 14.2. The smallest absolute Gasteiger partial charge is 0.343 e. The first-order chi connectivity index (χ1) is 17.5. The Bertz CT molecular complexity index is 1310. The zero-order chi connectivity index (χ0) is 25.1. The lowest BCUT2D eigenvalue weighted by atomic mass is 10.0. The van der Waals surface area contributed by atoms with Crippen molar-refractivity contribution in [2.75, 3.05) is 40.0 Å². The monoisotopic (exact) mass is 491 g/mol. The summed E-state index contributed by atoms with van der Waals surface area (Å²) < 4.78 is 17.9. The number of aromatic nitrogens is 1. The number of nitrogens with zero attached hydrogens (tertiary/aromatic N) is 2. The van der Waals surface area contributed by atoms with Crippen molar-refractivity contribution >= 4 is 16.9 Å². The molecular weight excluding hydrogens is 458 g/mol. The van der Waals surface area contributed by atoms with E-state index >= 15 is 0 Å². The van der Waals surface area contributed by atoms with Crippen LogP contribution in [0.15, 0.2) is 47.3 Å². The minimum absolute atomic E-state index is 0.0795. The first-order valence-corrected chi connectivity index (χ1v) is 12.6. The van der Waals surface area contributed by atoms with E-state index in [0.717, 1.165) is 67.0 Å². The van der Waals surface area contributed by atoms with Crippen LogP contribution in [0.5, 0.6) is 11.5 Å². The highest BCUT2D eigenvalue weighted by molar-refractivity contribution is 5.93. The Balaban J connectivity index is 1.19. The van der Waals surface area contributed by atoms with Crippen LogP contribution in [0.2, 0.25) is 0 Å². The van der Waals surface area contributed by atoms with Crippen LogP contribution in [-0.4, -0.2) is 61.4 Å². The van der Waals surface area contributed by atoms with E-state index in [2.05, 4.69) is 22.3 Å². The van der Waals surface area contributed by atoms with Crippen molar-refractivity contribution in [1.82, 2.24) is 14.8 Å². The molecule has 0 unspecified atom stereocenters. The molecule has 0 saturated carbocycles. The van der Waals surface area contributed by atoms with Crippen molar-refractivity contribution in [3.8, 4) is 11.5 Å². The average molecular weight is 492 g/mol. The number of aryl methyl sites for hydroxylation is 1. The predicted octanol–water partition coefficient (Wildman–Crippen LogP) is 3.12. The van der Waals surface area contributed by atoms with Crippen LogP contribution in [0.25, 0.3) is 10.9 Å². The van der Waals surface area contributed by atoms with E-state index in [9.17, 15) is 9.59 Å². The molecule has 0 aliphatic carbocycles. The van der Waals surface area contributed by atoms with Gasteiger partial charge >= 0.3 is 5.97 Å². The van der Waals surface area contributed by atoms with Gasteiger partial charge < -0.3 is 29.0 Å². The van der Waals surface area contributed by atoms with Gasteiger partial charge in [0.1, 0.15) is 18.8 Å². The second kappa shape index (κ2) is 10.7. The first kappa shape index (κ1) is 24.3. The maximum absolute atomic E-state index is 13.1. The molecule has 0 spiro atoms. The Labute approximate surface area is 210 Å². The lowest BCUT2D eigenvalue weighted by molar-refractivity contribution is 0.0598. The molecule has 0 atom stereocenters. The van der Waals surface area contributed by atoms with Gasteiger partial charge in [-0.05, 0) is 73.6 Å². The highest BCUT2D eigenvalue weighted by Gasteiger charge is 2.21. The fraction of sp³-hybridized carbons (Fsp3) is 0.429. The van der Waals surface area contributed by atoms with E-state index < -0.39 is 5.97 Å². The quantitative estimate of drug-likeness (QED) is 0.509. The summed E-state index contributed by atoms with van der Waals surface area (Å²) in [6.07, 6.45) is 2.09. The van der Waals surface area contributed by atoms with Crippen molar-refractivity contribution in [2.45, 2.75) is 38.9 Å². The topological polar surface area (TPSA) is 82.0 Å². The number of rotatable bonds is 7. The Morgan fingerprint density at radius 3 is 2.58 bits per heavy atom. The van der Waals surface area contributed by atoms with Crippen LogP contribution in [-0.2, 0) is 17.8 Å². The third kappa shape index (κ3) is 5.24. The number of piperidine rings is 1. The molecule has 0 bridgehead atoms. The molecule has 5 rings (SSSR count). The molecule has 36 heavy (non-hydrogen) atoms. The number of nitrogens with one attached hydrogen (secondary N) is 1. The van der Waals surface area contributed by atoms with Crippen molar-refractivity contribution in [3.63, 3.8) is 0 Å². The number of likely N-dealkylation sites (tertiary alicyclic amines) is 1. The van der Waals surface area contributed by atoms with Gasteiger partial charge in [0.25, 0.3) is 5.56 Å². The Morgan fingerprint density at radius 2 is 1.81 bits per heavy atom. The zero-order valence-corrected chi connectivity index (χ0v) is 20.9. The second-order valence-corrected chi connectivity index (χ2v) is 9.54. The second-order valence-electron chi connectivity index (χ2n) is 9.54. The molecule has 190 valence electrons. The van der Waals surface area contributed by atoms with E-state index in [-0.39, 0.29) is 11.1 Å². The maximum atomic E-state index is 13.1. The van der Waals surface area contributed by atoms with Gasteiger partial charge in [0, 0.05) is 25.7 Å². The summed E-state index contributed by atoms with van der Waals surface area (Å²) in [6.45, 7) is 7.19. The number of hydrogen-bond acceptors (Lipinski definition) is 7. The standard InChI is InChI=1S/C28H33N3O5/c1-19-3-5-21-17-23(28(33)34-2)27(32)31(24(21)15-19)12-11-30-9-7-22(8-10-30)29-18-20-4-6-25-26(16-20)36-14-13-35-25/h3-6,15-17,22,29H,7-14,18H2,1-2H3. The van der Waals surface area contributed by atoms with Crippen molar-refractivity contribution in [1.29, 1.82) is 0 Å². The minimum Gasteiger partial charge on any atom is -0.486 e. The largest absolute Gasteiger partial charge is 0.486 e. The van der Waals surface area contributed by atoms with Crippen LogP contribution < -0.4 is 20.3 Å². The number of methoxy groups -OCH3 is 1. The lowest BCUT2D eigenvalue weighted by Gasteiger charge is -2.32. The SMILES string of the molecule is COC(=O)c1cc2ccc(C)cc2n(CCN2CCC(NCc3ccc4c(c3)OCCO4)CC2)c1=O. The number of hydrogen-bond donors (Lipinski definition) is 1. The highest BCUT2D eigenvalue weighted by Crippen LogP contribution is 2.30. The third-order valence-electron chi connectivity index (χ3n) is 7.09. The van der Waals surface area contributed by atoms with E-state index in [1.54, 1.807) is 10.6 Å². The molecule has 8 heteroatoms. The fourth-order valence-corrected chi connectivity index (χ4v) is 5.02. The molecule has 8 nitrogen and oxygen atoms in total. The van der Waals surface area contributed by atoms with Crippen molar-refractivity contribution in [2.24, 2.45) is 0 Å². The normalized spacial score (nSPS) is 16.3. The van der Waals surface area contributed by atoms with Crippen LogP contribution in [0, 0.1) is 6.92 Å². The molecule has 1 fully saturated rings. The van der Waals surface area contributed by atoms with Crippen molar-refractivity contribution < 1.29 is 19.0 Å². The summed E-state index contributed by atoms with van der Waals surface area (Å²) >= 11 is 0. The first-order valence-electron chi connectivity index (χ1n) is 12.6. The van der Waals surface area contributed by atoms with Gasteiger partial charge in [0.15, 0.2) is 11.5 Å². The molecule has 1 saturated heterocycles. The molecule has 0 radical (unpaired) electrons. The molecule has 2 aromatic carbocycles. The molecule has 0 amide bonds. The van der Waals surface area contributed by atoms with Gasteiger partial charge in [-0.1, -0.05) is 18.2 Å². The van der Waals surface area contributed by atoms with Crippen LogP contribution in [0.1, 0.15) is 34.3 Å². The Kier molecular flexibility index (Phi) is 7.25. The fourth-order valence-electron chi connectivity index (χ4n) is 5.02. The number of esters is 1. The van der Waals surface area contributed by atoms with Crippen LogP contribution in [0.4, 0.5) is 0 Å². The molecule has 3 aromatic rings. The van der Waals surface area contributed by atoms with Gasteiger partial charge in [-0.3, -0.25) is 4.79 Å². The summed E-state index contributed by atoms with van der Waals surface area (Å²) in [7, 11) is 1.30. The molecule has 2 aliphatic rings. The van der Waals surface area contributed by atoms with Crippen molar-refractivity contribution in [3.05, 3.63) is 69.5 Å². The summed E-state index contributed by atoms with van der Waals surface area (Å²) in [5, 5.41) is 4.54. The van der Waals surface area contributed by atoms with Gasteiger partial charge in [-0.25, -0.2) is 4.79 Å². The third-order valence-corrected chi connectivity index (χ3v) is 7.09. The van der Waals surface area contributed by atoms with Gasteiger partial charge in [-0.2, -0.15) is 0 Å². The summed E-state index contributed by atoms with van der Waals surface area (Å²) in [4.78, 5) is 27.7. The number of ether oxygens (including phenoxy) is 3. The summed E-state index contributed by atoms with van der Waals surface area (Å²) in [5.74, 6) is 1.04. The molecule has 1 N–H and O–H groups in total. The van der Waals surface area contributed by atoms with Gasteiger partial charge in [0.05, 0.1) is 12.6 Å². The molecular formula is C28H33N3O5. The van der Waals surface area contributed by atoms with E-state index in [1.807, 2.05) is 31.2 Å². The molecule has 2 aliphatic heterocycles. The zero-order valence-electron chi connectivity index (χ0n) is 20.9. The average Bonchev–Trinajstić information content (AvgIpc) is 2.91. The van der Waals surface area contributed by atoms with E-state index in [0.29, 0.717) is 25.8 Å². The van der Waals surface area contributed by atoms with E-state index in [4.69, 9.17) is 14.2 Å². The molecule has 3 heterocycles. The Morgan fingerprint density at radius 1 is 1.03 bits per heavy atom. The Hall–Kier alpha value is -3.36. The minimum atomic E-state index is -0.596. The number of carbonyl (C=O) groups is 1. The highest BCUT2D eigenvalue weighted by atomic mass is 16.6. The maximum Gasteiger partial charge on any atom is 0.343 e. The van der Waals surface area contributed by atoms with Gasteiger partial charge in [0.2, 0.25) is 0 Å². The van der Waals surface area contributed by atoms with Gasteiger partial charge in [-0.15, -0.1) is 0 Å². The number of benzene rings is 2. The van der Waals surface area contributed by atoms with Crippen LogP contribution in [0.3, 0.4) is 0 Å². The number of pyridine rings is 1. The summed E-state index contributed by atoms with van der Waals surface area (Å²) in [5.41, 5.74) is 2.90. The number of fused-ring (bicyclic) bond motifs is 2.